The van der Waals surface area contributed by atoms with E-state index in [1.807, 2.05) is 6.92 Å². The molecule has 1 aliphatic heterocycles. The summed E-state index contributed by atoms with van der Waals surface area (Å²) < 4.78 is 13.6. The molecule has 0 amide bonds. The minimum Gasteiger partial charge on any atom is -0.394 e. The number of anilines is 2. The molecular formula is C10H15FN4O. The van der Waals surface area contributed by atoms with Crippen molar-refractivity contribution in [1.29, 1.82) is 0 Å². The van der Waals surface area contributed by atoms with Gasteiger partial charge in [-0.1, -0.05) is 6.92 Å². The molecule has 0 aliphatic carbocycles. The summed E-state index contributed by atoms with van der Waals surface area (Å²) in [6, 6.07) is -0.0937. The van der Waals surface area contributed by atoms with Crippen LogP contribution in [-0.4, -0.2) is 34.3 Å². The minimum atomic E-state index is -0.498. The molecule has 2 atom stereocenters. The molecule has 0 aromatic carbocycles. The first kappa shape index (κ1) is 11.1. The van der Waals surface area contributed by atoms with Crippen LogP contribution in [0.3, 0.4) is 0 Å². The van der Waals surface area contributed by atoms with Crippen molar-refractivity contribution in [3.8, 4) is 0 Å². The van der Waals surface area contributed by atoms with Crippen LogP contribution in [0.4, 0.5) is 16.2 Å². The van der Waals surface area contributed by atoms with Gasteiger partial charge in [0.05, 0.1) is 18.8 Å². The summed E-state index contributed by atoms with van der Waals surface area (Å²) in [5, 5.41) is 9.29. The molecule has 3 N–H and O–H groups in total. The van der Waals surface area contributed by atoms with Crippen LogP contribution in [0, 0.1) is 11.7 Å². The highest BCUT2D eigenvalue weighted by molar-refractivity contribution is 5.45. The van der Waals surface area contributed by atoms with Crippen molar-refractivity contribution in [1.82, 2.24) is 9.97 Å². The number of aliphatic hydroxyl groups excluding tert-OH is 1. The third-order valence-corrected chi connectivity index (χ3v) is 3.09. The number of rotatable bonds is 2. The molecule has 2 heterocycles. The van der Waals surface area contributed by atoms with Crippen LogP contribution in [0.1, 0.15) is 13.3 Å². The van der Waals surface area contributed by atoms with Gasteiger partial charge in [0.1, 0.15) is 0 Å². The molecule has 1 aromatic rings. The van der Waals surface area contributed by atoms with Crippen molar-refractivity contribution in [2.75, 3.05) is 23.8 Å². The average Bonchev–Trinajstić information content (AvgIpc) is 2.63. The van der Waals surface area contributed by atoms with Gasteiger partial charge in [0, 0.05) is 6.54 Å². The van der Waals surface area contributed by atoms with E-state index in [9.17, 15) is 9.50 Å². The third-order valence-electron chi connectivity index (χ3n) is 3.09. The second-order valence-corrected chi connectivity index (χ2v) is 4.11. The van der Waals surface area contributed by atoms with E-state index in [2.05, 4.69) is 9.97 Å². The molecule has 0 radical (unpaired) electrons. The van der Waals surface area contributed by atoms with Gasteiger partial charge in [0.15, 0.2) is 11.6 Å². The standard InChI is InChI=1S/C10H15FN4O/c1-6-2-3-15(8(6)5-16)9-7(11)4-13-10(12)14-9/h4,6,8,16H,2-3,5H2,1H3,(H2,12,13,14). The van der Waals surface area contributed by atoms with Crippen LogP contribution in [0.25, 0.3) is 0 Å². The molecule has 1 fully saturated rings. The molecule has 6 heteroatoms. The minimum absolute atomic E-state index is 0.00941. The molecule has 0 bridgehead atoms. The molecule has 1 aliphatic rings. The van der Waals surface area contributed by atoms with Crippen LogP contribution < -0.4 is 10.6 Å². The van der Waals surface area contributed by atoms with Gasteiger partial charge in [-0.05, 0) is 12.3 Å². The Morgan fingerprint density at radius 1 is 1.69 bits per heavy atom. The van der Waals surface area contributed by atoms with E-state index in [-0.39, 0.29) is 24.4 Å². The highest BCUT2D eigenvalue weighted by Crippen LogP contribution is 2.29. The Kier molecular flexibility index (Phi) is 2.91. The molecule has 16 heavy (non-hydrogen) atoms. The Morgan fingerprint density at radius 2 is 2.44 bits per heavy atom. The van der Waals surface area contributed by atoms with Crippen molar-refractivity contribution in [2.45, 2.75) is 19.4 Å². The van der Waals surface area contributed by atoms with Crippen LogP contribution in [0.2, 0.25) is 0 Å². The highest BCUT2D eigenvalue weighted by atomic mass is 19.1. The van der Waals surface area contributed by atoms with Crippen LogP contribution in [-0.2, 0) is 0 Å². The summed E-state index contributed by atoms with van der Waals surface area (Å²) in [5.41, 5.74) is 5.44. The lowest BCUT2D eigenvalue weighted by Crippen LogP contribution is -2.36. The molecule has 0 spiro atoms. The predicted molar refractivity (Wildman–Crippen MR) is 58.4 cm³/mol. The van der Waals surface area contributed by atoms with Gasteiger partial charge < -0.3 is 15.7 Å². The summed E-state index contributed by atoms with van der Waals surface area (Å²) in [6.07, 6.45) is 1.98. The monoisotopic (exact) mass is 226 g/mol. The molecule has 88 valence electrons. The Balaban J connectivity index is 2.33. The second-order valence-electron chi connectivity index (χ2n) is 4.11. The Hall–Kier alpha value is -1.43. The summed E-state index contributed by atoms with van der Waals surface area (Å²) >= 11 is 0. The maximum absolute atomic E-state index is 13.6. The Bertz CT molecular complexity index is 387. The average molecular weight is 226 g/mol. The van der Waals surface area contributed by atoms with Gasteiger partial charge >= 0.3 is 0 Å². The van der Waals surface area contributed by atoms with Crippen LogP contribution in [0.15, 0.2) is 6.20 Å². The van der Waals surface area contributed by atoms with Crippen molar-refractivity contribution >= 4 is 11.8 Å². The SMILES string of the molecule is CC1CCN(c2nc(N)ncc2F)C1CO. The van der Waals surface area contributed by atoms with Gasteiger partial charge in [0.2, 0.25) is 5.95 Å². The smallest absolute Gasteiger partial charge is 0.222 e. The second kappa shape index (κ2) is 4.21. The topological polar surface area (TPSA) is 75.3 Å². The summed E-state index contributed by atoms with van der Waals surface area (Å²) in [4.78, 5) is 9.24. The summed E-state index contributed by atoms with van der Waals surface area (Å²) in [6.45, 7) is 2.70. The summed E-state index contributed by atoms with van der Waals surface area (Å²) in [5.74, 6) is 0.0610. The fraction of sp³-hybridized carbons (Fsp3) is 0.600. The van der Waals surface area contributed by atoms with E-state index in [0.29, 0.717) is 12.5 Å². The first-order chi connectivity index (χ1) is 7.63. The fourth-order valence-corrected chi connectivity index (χ4v) is 2.12. The lowest BCUT2D eigenvalue weighted by atomic mass is 10.0. The zero-order chi connectivity index (χ0) is 11.7. The van der Waals surface area contributed by atoms with E-state index in [4.69, 9.17) is 5.73 Å². The Morgan fingerprint density at radius 3 is 3.12 bits per heavy atom. The third kappa shape index (κ3) is 1.80. The summed E-state index contributed by atoms with van der Waals surface area (Å²) in [7, 11) is 0. The largest absolute Gasteiger partial charge is 0.394 e. The van der Waals surface area contributed by atoms with Crippen molar-refractivity contribution in [3.63, 3.8) is 0 Å². The van der Waals surface area contributed by atoms with Crippen LogP contribution >= 0.6 is 0 Å². The van der Waals surface area contributed by atoms with Crippen LogP contribution in [0.5, 0.6) is 0 Å². The van der Waals surface area contributed by atoms with Gasteiger partial charge in [-0.2, -0.15) is 4.98 Å². The molecule has 5 nitrogen and oxygen atoms in total. The van der Waals surface area contributed by atoms with Gasteiger partial charge in [0.25, 0.3) is 0 Å². The number of halogens is 1. The fourth-order valence-electron chi connectivity index (χ4n) is 2.12. The molecule has 2 rings (SSSR count). The number of aromatic nitrogens is 2. The molecule has 0 saturated carbocycles. The number of nitrogen functional groups attached to an aromatic ring is 1. The van der Waals surface area contributed by atoms with E-state index < -0.39 is 5.82 Å². The number of hydrogen-bond acceptors (Lipinski definition) is 5. The highest BCUT2D eigenvalue weighted by Gasteiger charge is 2.33. The maximum Gasteiger partial charge on any atom is 0.222 e. The lowest BCUT2D eigenvalue weighted by molar-refractivity contribution is 0.244. The Labute approximate surface area is 93.1 Å². The molecular weight excluding hydrogens is 211 g/mol. The predicted octanol–water partition coefficient (Wildman–Crippen LogP) is 0.405. The number of hydrogen-bond donors (Lipinski definition) is 2. The first-order valence-corrected chi connectivity index (χ1v) is 5.29. The molecule has 1 saturated heterocycles. The van der Waals surface area contributed by atoms with E-state index >= 15 is 0 Å². The van der Waals surface area contributed by atoms with E-state index in [0.717, 1.165) is 12.6 Å². The van der Waals surface area contributed by atoms with Crippen molar-refractivity contribution in [2.24, 2.45) is 5.92 Å². The number of nitrogens with zero attached hydrogens (tertiary/aromatic N) is 3. The molecule has 2 unspecified atom stereocenters. The van der Waals surface area contributed by atoms with E-state index in [1.54, 1.807) is 4.90 Å². The van der Waals surface area contributed by atoms with Gasteiger partial charge in [-0.15, -0.1) is 0 Å². The molecule has 1 aromatic heterocycles. The normalized spacial score (nSPS) is 25.1. The first-order valence-electron chi connectivity index (χ1n) is 5.29. The zero-order valence-electron chi connectivity index (χ0n) is 9.10. The number of aliphatic hydroxyl groups is 1. The van der Waals surface area contributed by atoms with E-state index in [1.165, 1.54) is 0 Å². The maximum atomic E-state index is 13.6. The van der Waals surface area contributed by atoms with Gasteiger partial charge in [-0.3, -0.25) is 0 Å². The van der Waals surface area contributed by atoms with Crippen molar-refractivity contribution in [3.05, 3.63) is 12.0 Å². The quantitative estimate of drug-likeness (QED) is 0.763. The van der Waals surface area contributed by atoms with Crippen molar-refractivity contribution < 1.29 is 9.50 Å². The zero-order valence-corrected chi connectivity index (χ0v) is 9.10. The number of nitrogens with two attached hydrogens (primary N) is 1. The van der Waals surface area contributed by atoms with Gasteiger partial charge in [-0.25, -0.2) is 9.37 Å². The lowest BCUT2D eigenvalue weighted by Gasteiger charge is -2.26.